The molecule has 2 N–H and O–H groups in total. The minimum absolute atomic E-state index is 0. The monoisotopic (exact) mass is 524 g/mol. The van der Waals surface area contributed by atoms with Crippen LogP contribution in [-0.2, 0) is 19.8 Å². The lowest BCUT2D eigenvalue weighted by atomic mass is 9.71. The molecule has 0 unspecified atom stereocenters. The summed E-state index contributed by atoms with van der Waals surface area (Å²) in [4.78, 5) is 38.7. The van der Waals surface area contributed by atoms with Crippen LogP contribution < -0.4 is 5.32 Å². The number of benzene rings is 1. The van der Waals surface area contributed by atoms with Crippen LogP contribution in [0.5, 0.6) is 0 Å². The van der Waals surface area contributed by atoms with Crippen molar-refractivity contribution in [1.82, 2.24) is 10.2 Å². The maximum atomic E-state index is 13.0. The van der Waals surface area contributed by atoms with Gasteiger partial charge in [-0.25, -0.2) is 4.79 Å². The summed E-state index contributed by atoms with van der Waals surface area (Å²) < 4.78 is 0. The second kappa shape index (κ2) is 17.2. The fourth-order valence-electron chi connectivity index (χ4n) is 3.97. The molecule has 0 saturated heterocycles. The minimum atomic E-state index is -0.976. The normalized spacial score (nSPS) is 13.2. The first kappa shape index (κ1) is 35.8. The molecule has 1 aromatic rings. The SMILES string of the molecule is CC(C)C.CC/C(=C\[C@H](C(C)C)N(C)C(=O)CNC(=O)[C@@H](CC)C(C)(C)c1ccccc1)C(=O)O.Cl. The molecule has 2 amide bonds. The van der Waals surface area contributed by atoms with E-state index < -0.39 is 5.97 Å². The Hall–Kier alpha value is -2.34. The van der Waals surface area contributed by atoms with Gasteiger partial charge in [0, 0.05) is 24.0 Å². The van der Waals surface area contributed by atoms with Gasteiger partial charge < -0.3 is 15.3 Å². The van der Waals surface area contributed by atoms with E-state index >= 15 is 0 Å². The molecule has 0 aliphatic heterocycles. The highest BCUT2D eigenvalue weighted by Gasteiger charge is 2.35. The van der Waals surface area contributed by atoms with Gasteiger partial charge >= 0.3 is 5.97 Å². The van der Waals surface area contributed by atoms with Gasteiger partial charge in [0.1, 0.15) is 0 Å². The topological polar surface area (TPSA) is 86.7 Å². The smallest absolute Gasteiger partial charge is 0.331 e. The van der Waals surface area contributed by atoms with Crippen molar-refractivity contribution >= 4 is 30.2 Å². The number of hydrogen-bond donors (Lipinski definition) is 2. The Balaban J connectivity index is 0. The number of carboxylic acids is 1. The molecule has 6 nitrogen and oxygen atoms in total. The van der Waals surface area contributed by atoms with Gasteiger partial charge in [0.05, 0.1) is 12.6 Å². The van der Waals surface area contributed by atoms with Gasteiger partial charge in [0.25, 0.3) is 0 Å². The van der Waals surface area contributed by atoms with Gasteiger partial charge in [0.15, 0.2) is 0 Å². The molecule has 7 heteroatoms. The highest BCUT2D eigenvalue weighted by atomic mass is 35.5. The van der Waals surface area contributed by atoms with Crippen LogP contribution in [0.15, 0.2) is 42.0 Å². The van der Waals surface area contributed by atoms with Crippen molar-refractivity contribution < 1.29 is 19.5 Å². The van der Waals surface area contributed by atoms with Gasteiger partial charge in [0.2, 0.25) is 11.8 Å². The largest absolute Gasteiger partial charge is 0.478 e. The first-order chi connectivity index (χ1) is 16.2. The molecule has 1 rings (SSSR count). The average Bonchev–Trinajstić information content (AvgIpc) is 2.77. The Morgan fingerprint density at radius 2 is 1.53 bits per heavy atom. The Labute approximate surface area is 225 Å². The summed E-state index contributed by atoms with van der Waals surface area (Å²) in [5.74, 6) is -0.805. The van der Waals surface area contributed by atoms with Crippen LogP contribution in [0, 0.1) is 17.8 Å². The molecule has 0 aromatic heterocycles. The van der Waals surface area contributed by atoms with E-state index in [0.29, 0.717) is 12.8 Å². The highest BCUT2D eigenvalue weighted by Crippen LogP contribution is 2.33. The molecule has 206 valence electrons. The van der Waals surface area contributed by atoms with Crippen molar-refractivity contribution in [2.45, 2.75) is 86.6 Å². The van der Waals surface area contributed by atoms with Gasteiger partial charge in [-0.05, 0) is 30.2 Å². The summed E-state index contributed by atoms with van der Waals surface area (Å²) in [5.41, 5.74) is 0.972. The minimum Gasteiger partial charge on any atom is -0.478 e. The van der Waals surface area contributed by atoms with E-state index in [1.54, 1.807) is 20.0 Å². The van der Waals surface area contributed by atoms with Crippen LogP contribution in [0.4, 0.5) is 0 Å². The van der Waals surface area contributed by atoms with Crippen molar-refractivity contribution in [1.29, 1.82) is 0 Å². The van der Waals surface area contributed by atoms with E-state index in [1.165, 1.54) is 4.90 Å². The zero-order valence-electron chi connectivity index (χ0n) is 23.9. The third-order valence-corrected chi connectivity index (χ3v) is 6.08. The number of nitrogens with one attached hydrogen (secondary N) is 1. The second-order valence-corrected chi connectivity index (χ2v) is 10.6. The number of nitrogens with zero attached hydrogens (tertiary/aromatic N) is 1. The Morgan fingerprint density at radius 1 is 1.03 bits per heavy atom. The lowest BCUT2D eigenvalue weighted by Gasteiger charge is -2.34. The second-order valence-electron chi connectivity index (χ2n) is 10.6. The Bertz CT molecular complexity index is 832. The molecule has 0 saturated carbocycles. The molecule has 0 radical (unpaired) electrons. The predicted octanol–water partition coefficient (Wildman–Crippen LogP) is 6.09. The van der Waals surface area contributed by atoms with E-state index in [4.69, 9.17) is 0 Å². The molecule has 0 spiro atoms. The summed E-state index contributed by atoms with van der Waals surface area (Å²) in [6.07, 6.45) is 2.66. The van der Waals surface area contributed by atoms with Crippen LogP contribution in [0.2, 0.25) is 0 Å². The number of hydrogen-bond acceptors (Lipinski definition) is 3. The Kier molecular flexibility index (Phi) is 17.1. The first-order valence-electron chi connectivity index (χ1n) is 12.7. The molecule has 0 aliphatic carbocycles. The van der Waals surface area contributed by atoms with Crippen molar-refractivity contribution in [3.63, 3.8) is 0 Å². The van der Waals surface area contributed by atoms with Crippen LogP contribution in [-0.4, -0.2) is 47.4 Å². The molecule has 0 aliphatic rings. The quantitative estimate of drug-likeness (QED) is 0.343. The fraction of sp³-hybridized carbons (Fsp3) is 0.621. The molecular formula is C29H49ClN2O4. The lowest BCUT2D eigenvalue weighted by Crippen LogP contribution is -2.48. The maximum Gasteiger partial charge on any atom is 0.331 e. The highest BCUT2D eigenvalue weighted by molar-refractivity contribution is 5.88. The summed E-state index contributed by atoms with van der Waals surface area (Å²) in [5, 5.41) is 12.1. The van der Waals surface area contributed by atoms with Crippen LogP contribution >= 0.6 is 12.4 Å². The van der Waals surface area contributed by atoms with Crippen molar-refractivity contribution in [3.05, 3.63) is 47.5 Å². The summed E-state index contributed by atoms with van der Waals surface area (Å²) in [6, 6.07) is 9.54. The maximum absolute atomic E-state index is 13.0. The van der Waals surface area contributed by atoms with Gasteiger partial charge in [-0.15, -0.1) is 12.4 Å². The average molecular weight is 525 g/mol. The predicted molar refractivity (Wildman–Crippen MR) is 151 cm³/mol. The summed E-state index contributed by atoms with van der Waals surface area (Å²) in [6.45, 7) is 18.1. The molecule has 2 atom stereocenters. The number of halogens is 1. The Morgan fingerprint density at radius 3 is 1.92 bits per heavy atom. The van der Waals surface area contributed by atoms with Crippen LogP contribution in [0.3, 0.4) is 0 Å². The fourth-order valence-corrected chi connectivity index (χ4v) is 3.97. The molecule has 36 heavy (non-hydrogen) atoms. The number of carboxylic acid groups (broad SMARTS) is 1. The van der Waals surface area contributed by atoms with Gasteiger partial charge in [-0.1, -0.05) is 98.7 Å². The van der Waals surface area contributed by atoms with Crippen molar-refractivity contribution in [2.24, 2.45) is 17.8 Å². The van der Waals surface area contributed by atoms with Crippen molar-refractivity contribution in [2.75, 3.05) is 13.6 Å². The number of carbonyl (C=O) groups excluding carboxylic acids is 2. The van der Waals surface area contributed by atoms with Crippen LogP contribution in [0.25, 0.3) is 0 Å². The number of rotatable bonds is 11. The first-order valence-corrected chi connectivity index (χ1v) is 12.7. The van der Waals surface area contributed by atoms with Crippen LogP contribution in [0.1, 0.15) is 80.7 Å². The van der Waals surface area contributed by atoms with E-state index in [9.17, 15) is 19.5 Å². The molecule has 1 aromatic carbocycles. The number of amides is 2. The van der Waals surface area contributed by atoms with Gasteiger partial charge in [-0.3, -0.25) is 9.59 Å². The standard InChI is InChI=1S/C25H38N2O4.C4H10.ClH/c1-8-18(24(30)31)15-21(17(3)4)27(7)22(28)16-26-23(29)20(9-2)25(5,6)19-13-11-10-12-14-19;1-4(2)3;/h10-15,17,20-21H,8-9,16H2,1-7H3,(H,26,29)(H,30,31);4H,1-3H3;1H/b18-15+;;/t20-,21-;;/m1../s1. The number of aliphatic carboxylic acids is 1. The van der Waals surface area contributed by atoms with E-state index in [0.717, 1.165) is 11.5 Å². The third kappa shape index (κ3) is 11.6. The molecule has 0 heterocycles. The van der Waals surface area contributed by atoms with E-state index in [-0.39, 0.29) is 59.6 Å². The molecule has 0 bridgehead atoms. The zero-order chi connectivity index (χ0) is 27.3. The number of carbonyl (C=O) groups is 3. The van der Waals surface area contributed by atoms with E-state index in [1.807, 2.05) is 65.0 Å². The van der Waals surface area contributed by atoms with E-state index in [2.05, 4.69) is 26.1 Å². The van der Waals surface area contributed by atoms with Crippen molar-refractivity contribution in [3.8, 4) is 0 Å². The number of likely N-dealkylation sites (N-methyl/N-ethyl adjacent to an activating group) is 1. The lowest BCUT2D eigenvalue weighted by molar-refractivity contribution is -0.135. The van der Waals surface area contributed by atoms with Gasteiger partial charge in [-0.2, -0.15) is 0 Å². The molecule has 0 fully saturated rings. The third-order valence-electron chi connectivity index (χ3n) is 6.08. The zero-order valence-corrected chi connectivity index (χ0v) is 24.7. The summed E-state index contributed by atoms with van der Waals surface area (Å²) >= 11 is 0. The molecular weight excluding hydrogens is 476 g/mol. The summed E-state index contributed by atoms with van der Waals surface area (Å²) in [7, 11) is 1.65.